The average Bonchev–Trinajstić information content (AvgIpc) is 2.62. The first-order valence-corrected chi connectivity index (χ1v) is 9.07. The Morgan fingerprint density at radius 3 is 2.22 bits per heavy atom. The van der Waals surface area contributed by atoms with E-state index in [1.54, 1.807) is 29.2 Å². The lowest BCUT2D eigenvalue weighted by molar-refractivity contribution is -0.117. The molecule has 142 valence electrons. The van der Waals surface area contributed by atoms with Crippen LogP contribution in [-0.2, 0) is 9.59 Å². The summed E-state index contributed by atoms with van der Waals surface area (Å²) in [4.78, 5) is 37.3. The predicted molar refractivity (Wildman–Crippen MR) is 108 cm³/mol. The van der Waals surface area contributed by atoms with E-state index in [0.717, 1.165) is 5.69 Å². The minimum Gasteiger partial charge on any atom is -0.326 e. The average molecular weight is 366 g/mol. The van der Waals surface area contributed by atoms with Gasteiger partial charge in [-0.3, -0.25) is 14.4 Å². The van der Waals surface area contributed by atoms with Crippen LogP contribution in [0.15, 0.2) is 48.5 Å². The zero-order valence-electron chi connectivity index (χ0n) is 16.3. The molecule has 5 nitrogen and oxygen atoms in total. The largest absolute Gasteiger partial charge is 0.326 e. The van der Waals surface area contributed by atoms with Crippen LogP contribution < -0.4 is 10.2 Å². The second kappa shape index (κ2) is 9.12. The molecule has 0 aliphatic heterocycles. The topological polar surface area (TPSA) is 66.5 Å². The molecule has 0 saturated heterocycles. The van der Waals surface area contributed by atoms with Gasteiger partial charge in [0.15, 0.2) is 5.78 Å². The second-order valence-corrected chi connectivity index (χ2v) is 6.85. The van der Waals surface area contributed by atoms with E-state index in [0.29, 0.717) is 17.2 Å². The Bertz CT molecular complexity index is 826. The number of carbonyl (C=O) groups excluding carboxylic acids is 3. The first-order chi connectivity index (χ1) is 12.8. The molecule has 0 atom stereocenters. The van der Waals surface area contributed by atoms with Crippen molar-refractivity contribution in [3.05, 3.63) is 59.7 Å². The lowest BCUT2D eigenvalue weighted by Crippen LogP contribution is -2.32. The van der Waals surface area contributed by atoms with Crippen LogP contribution in [0.2, 0.25) is 0 Å². The maximum Gasteiger partial charge on any atom is 0.226 e. The van der Waals surface area contributed by atoms with Crippen LogP contribution >= 0.6 is 0 Å². The standard InChI is InChI=1S/C22H26N2O3/c1-15(2)18-8-10-21(11-9-18)24(17(4)26)13-12-22(27)23-20-7-5-6-19(14-20)16(3)25/h5-11,14-15H,12-13H2,1-4H3,(H,23,27). The number of ketones is 1. The van der Waals surface area contributed by atoms with E-state index in [-0.39, 0.29) is 30.6 Å². The van der Waals surface area contributed by atoms with Gasteiger partial charge in [0.05, 0.1) is 0 Å². The quantitative estimate of drug-likeness (QED) is 0.739. The molecule has 5 heteroatoms. The summed E-state index contributed by atoms with van der Waals surface area (Å²) in [7, 11) is 0. The first-order valence-electron chi connectivity index (χ1n) is 9.07. The number of nitrogens with one attached hydrogen (secondary N) is 1. The normalized spacial score (nSPS) is 10.6. The summed E-state index contributed by atoms with van der Waals surface area (Å²) < 4.78 is 0. The van der Waals surface area contributed by atoms with Gasteiger partial charge < -0.3 is 10.2 Å². The number of Topliss-reactive ketones (excluding diaryl/α,β-unsaturated/α-hetero) is 1. The molecular formula is C22H26N2O3. The molecule has 0 saturated carbocycles. The summed E-state index contributed by atoms with van der Waals surface area (Å²) in [6.45, 7) is 7.49. The Labute approximate surface area is 160 Å². The summed E-state index contributed by atoms with van der Waals surface area (Å²) in [6.07, 6.45) is 0.163. The number of rotatable bonds is 7. The summed E-state index contributed by atoms with van der Waals surface area (Å²) in [5, 5.41) is 2.78. The Morgan fingerprint density at radius 1 is 1.00 bits per heavy atom. The van der Waals surface area contributed by atoms with Crippen LogP contribution in [0, 0.1) is 0 Å². The van der Waals surface area contributed by atoms with E-state index < -0.39 is 0 Å². The molecule has 0 aliphatic rings. The fourth-order valence-corrected chi connectivity index (χ4v) is 2.76. The van der Waals surface area contributed by atoms with Crippen molar-refractivity contribution in [3.63, 3.8) is 0 Å². The molecule has 2 amide bonds. The van der Waals surface area contributed by atoms with Gasteiger partial charge in [0.2, 0.25) is 11.8 Å². The highest BCUT2D eigenvalue weighted by Crippen LogP contribution is 2.21. The van der Waals surface area contributed by atoms with Crippen molar-refractivity contribution < 1.29 is 14.4 Å². The number of nitrogens with zero attached hydrogens (tertiary/aromatic N) is 1. The number of hydrogen-bond acceptors (Lipinski definition) is 3. The third-order valence-electron chi connectivity index (χ3n) is 4.37. The van der Waals surface area contributed by atoms with Gasteiger partial charge in [-0.25, -0.2) is 0 Å². The highest BCUT2D eigenvalue weighted by molar-refractivity contribution is 5.97. The Balaban J connectivity index is 2.01. The van der Waals surface area contributed by atoms with Gasteiger partial charge in [-0.2, -0.15) is 0 Å². The molecule has 0 fully saturated rings. The lowest BCUT2D eigenvalue weighted by atomic mass is 10.0. The zero-order valence-corrected chi connectivity index (χ0v) is 16.3. The second-order valence-electron chi connectivity index (χ2n) is 6.85. The highest BCUT2D eigenvalue weighted by Gasteiger charge is 2.14. The minimum atomic E-state index is -0.208. The van der Waals surface area contributed by atoms with Gasteiger partial charge in [-0.1, -0.05) is 38.1 Å². The molecule has 0 spiro atoms. The number of carbonyl (C=O) groups is 3. The molecule has 27 heavy (non-hydrogen) atoms. The van der Waals surface area contributed by atoms with Crippen molar-refractivity contribution in [2.45, 2.75) is 40.0 Å². The van der Waals surface area contributed by atoms with Crippen LogP contribution in [0.3, 0.4) is 0 Å². The monoisotopic (exact) mass is 366 g/mol. The van der Waals surface area contributed by atoms with Crippen LogP contribution in [0.5, 0.6) is 0 Å². The summed E-state index contributed by atoms with van der Waals surface area (Å²) in [5.74, 6) is 0.0412. The van der Waals surface area contributed by atoms with Gasteiger partial charge >= 0.3 is 0 Å². The molecule has 0 aliphatic carbocycles. The number of hydrogen-bond donors (Lipinski definition) is 1. The molecule has 2 aromatic rings. The number of amides is 2. The Kier molecular flexibility index (Phi) is 6.88. The van der Waals surface area contributed by atoms with Crippen molar-refractivity contribution in [1.82, 2.24) is 0 Å². The van der Waals surface area contributed by atoms with Crippen LogP contribution in [0.1, 0.15) is 56.0 Å². The maximum absolute atomic E-state index is 12.3. The van der Waals surface area contributed by atoms with E-state index in [1.165, 1.54) is 19.4 Å². The minimum absolute atomic E-state index is 0.0568. The van der Waals surface area contributed by atoms with Crippen molar-refractivity contribution in [2.75, 3.05) is 16.8 Å². The third kappa shape index (κ3) is 5.78. The van der Waals surface area contributed by atoms with Gasteiger partial charge in [-0.05, 0) is 42.7 Å². The molecule has 0 unspecified atom stereocenters. The van der Waals surface area contributed by atoms with Gasteiger partial charge in [0.1, 0.15) is 0 Å². The van der Waals surface area contributed by atoms with E-state index in [4.69, 9.17) is 0 Å². The van der Waals surface area contributed by atoms with Crippen LogP contribution in [0.25, 0.3) is 0 Å². The van der Waals surface area contributed by atoms with Crippen LogP contribution in [0.4, 0.5) is 11.4 Å². The van der Waals surface area contributed by atoms with Gasteiger partial charge in [0.25, 0.3) is 0 Å². The summed E-state index contributed by atoms with van der Waals surface area (Å²) >= 11 is 0. The fraction of sp³-hybridized carbons (Fsp3) is 0.318. The SMILES string of the molecule is CC(=O)c1cccc(NC(=O)CCN(C(C)=O)c2ccc(C(C)C)cc2)c1. The van der Waals surface area contributed by atoms with Gasteiger partial charge in [-0.15, -0.1) is 0 Å². The maximum atomic E-state index is 12.3. The molecule has 0 radical (unpaired) electrons. The van der Waals surface area contributed by atoms with Crippen molar-refractivity contribution in [1.29, 1.82) is 0 Å². The first kappa shape index (κ1) is 20.4. The van der Waals surface area contributed by atoms with E-state index in [1.807, 2.05) is 24.3 Å². The molecule has 1 N–H and O–H groups in total. The third-order valence-corrected chi connectivity index (χ3v) is 4.37. The summed E-state index contributed by atoms with van der Waals surface area (Å²) in [6, 6.07) is 14.6. The van der Waals surface area contributed by atoms with E-state index >= 15 is 0 Å². The zero-order chi connectivity index (χ0) is 20.0. The predicted octanol–water partition coefficient (Wildman–Crippen LogP) is 4.39. The number of benzene rings is 2. The van der Waals surface area contributed by atoms with Crippen molar-refractivity contribution >= 4 is 29.0 Å². The lowest BCUT2D eigenvalue weighted by Gasteiger charge is -2.21. The van der Waals surface area contributed by atoms with Crippen molar-refractivity contribution in [3.8, 4) is 0 Å². The van der Waals surface area contributed by atoms with Crippen LogP contribution in [-0.4, -0.2) is 24.1 Å². The molecule has 0 aromatic heterocycles. The Hall–Kier alpha value is -2.95. The van der Waals surface area contributed by atoms with Crippen molar-refractivity contribution in [2.24, 2.45) is 0 Å². The number of anilines is 2. The molecule has 2 aromatic carbocycles. The van der Waals surface area contributed by atoms with E-state index in [9.17, 15) is 14.4 Å². The van der Waals surface area contributed by atoms with E-state index in [2.05, 4.69) is 19.2 Å². The highest BCUT2D eigenvalue weighted by atomic mass is 16.2. The molecule has 2 rings (SSSR count). The molecule has 0 bridgehead atoms. The van der Waals surface area contributed by atoms with Gasteiger partial charge in [0, 0.05) is 36.8 Å². The Morgan fingerprint density at radius 2 is 1.67 bits per heavy atom. The molecule has 0 heterocycles. The summed E-state index contributed by atoms with van der Waals surface area (Å²) in [5.41, 5.74) is 3.09. The fourth-order valence-electron chi connectivity index (χ4n) is 2.76. The smallest absolute Gasteiger partial charge is 0.226 e. The molecular weight excluding hydrogens is 340 g/mol.